The lowest BCUT2D eigenvalue weighted by atomic mass is 10.2. The van der Waals surface area contributed by atoms with E-state index in [2.05, 4.69) is 0 Å². The normalized spacial score (nSPS) is 9.93. The van der Waals surface area contributed by atoms with Crippen LogP contribution in [-0.4, -0.2) is 17.7 Å². The molecule has 0 aliphatic rings. The molecule has 0 spiro atoms. The summed E-state index contributed by atoms with van der Waals surface area (Å²) in [4.78, 5) is 10.7. The van der Waals surface area contributed by atoms with E-state index in [-0.39, 0.29) is 11.3 Å². The maximum absolute atomic E-state index is 12.9. The van der Waals surface area contributed by atoms with E-state index in [1.165, 1.54) is 6.07 Å². The molecule has 0 unspecified atom stereocenters. The number of halogens is 2. The zero-order chi connectivity index (χ0) is 10.7. The first-order chi connectivity index (χ1) is 6.57. The molecule has 0 bridgehead atoms. The van der Waals surface area contributed by atoms with Gasteiger partial charge in [0.1, 0.15) is 17.1 Å². The Morgan fingerprint density at radius 1 is 1.64 bits per heavy atom. The highest BCUT2D eigenvalue weighted by atomic mass is 35.5. The van der Waals surface area contributed by atoms with Gasteiger partial charge in [-0.25, -0.2) is 9.18 Å². The molecule has 3 nitrogen and oxygen atoms in total. The van der Waals surface area contributed by atoms with Gasteiger partial charge in [-0.05, 0) is 19.1 Å². The van der Waals surface area contributed by atoms with Crippen LogP contribution in [0.15, 0.2) is 12.1 Å². The first-order valence-electron chi connectivity index (χ1n) is 3.92. The number of carboxylic acid groups (broad SMARTS) is 1. The fourth-order valence-electron chi connectivity index (χ4n) is 1.01. The van der Waals surface area contributed by atoms with Gasteiger partial charge >= 0.3 is 5.97 Å². The van der Waals surface area contributed by atoms with Gasteiger partial charge in [0, 0.05) is 0 Å². The topological polar surface area (TPSA) is 46.5 Å². The van der Waals surface area contributed by atoms with Gasteiger partial charge in [-0.1, -0.05) is 11.6 Å². The van der Waals surface area contributed by atoms with E-state index in [1.807, 2.05) is 0 Å². The van der Waals surface area contributed by atoms with Gasteiger partial charge in [0.15, 0.2) is 0 Å². The lowest BCUT2D eigenvalue weighted by Gasteiger charge is -2.08. The first-order valence-corrected chi connectivity index (χ1v) is 4.29. The highest BCUT2D eigenvalue weighted by Crippen LogP contribution is 2.28. The van der Waals surface area contributed by atoms with Crippen molar-refractivity contribution >= 4 is 17.6 Å². The summed E-state index contributed by atoms with van der Waals surface area (Å²) >= 11 is 5.49. The molecule has 0 aliphatic carbocycles. The molecule has 0 fully saturated rings. The number of rotatable bonds is 3. The van der Waals surface area contributed by atoms with E-state index >= 15 is 0 Å². The summed E-state index contributed by atoms with van der Waals surface area (Å²) < 4.78 is 17.9. The van der Waals surface area contributed by atoms with Crippen molar-refractivity contribution in [1.29, 1.82) is 0 Å². The summed E-state index contributed by atoms with van der Waals surface area (Å²) in [6.45, 7) is 1.99. The number of benzene rings is 1. The number of carboxylic acids is 1. The molecule has 1 aromatic rings. The second kappa shape index (κ2) is 4.28. The van der Waals surface area contributed by atoms with Gasteiger partial charge in [0.25, 0.3) is 0 Å². The summed E-state index contributed by atoms with van der Waals surface area (Å²) in [5, 5.41) is 8.34. The summed E-state index contributed by atoms with van der Waals surface area (Å²) in [6.07, 6.45) is 0. The van der Waals surface area contributed by atoms with Crippen molar-refractivity contribution in [1.82, 2.24) is 0 Å². The third-order valence-electron chi connectivity index (χ3n) is 1.57. The molecule has 1 rings (SSSR count). The molecule has 0 saturated heterocycles. The summed E-state index contributed by atoms with van der Waals surface area (Å²) in [6, 6.07) is 2.31. The Balaban J connectivity index is 3.30. The Kier molecular flexibility index (Phi) is 3.30. The van der Waals surface area contributed by atoms with Gasteiger partial charge in [0.05, 0.1) is 11.6 Å². The Hall–Kier alpha value is -1.29. The van der Waals surface area contributed by atoms with Crippen molar-refractivity contribution in [2.45, 2.75) is 6.92 Å². The number of carbonyl (C=O) groups is 1. The lowest BCUT2D eigenvalue weighted by molar-refractivity contribution is 0.0692. The van der Waals surface area contributed by atoms with Crippen LogP contribution in [0.3, 0.4) is 0 Å². The van der Waals surface area contributed by atoms with Crippen molar-refractivity contribution in [2.75, 3.05) is 6.61 Å². The predicted octanol–water partition coefficient (Wildman–Crippen LogP) is 2.58. The van der Waals surface area contributed by atoms with Crippen LogP contribution in [0.2, 0.25) is 5.02 Å². The second-order valence-electron chi connectivity index (χ2n) is 2.47. The Labute approximate surface area is 85.1 Å². The Bertz CT molecular complexity index is 365. The minimum Gasteiger partial charge on any atom is -0.493 e. The third-order valence-corrected chi connectivity index (χ3v) is 1.94. The molecule has 5 heteroatoms. The second-order valence-corrected chi connectivity index (χ2v) is 2.85. The van der Waals surface area contributed by atoms with Gasteiger partial charge in [-0.3, -0.25) is 0 Å². The highest BCUT2D eigenvalue weighted by molar-refractivity contribution is 6.34. The monoisotopic (exact) mass is 218 g/mol. The summed E-state index contributed by atoms with van der Waals surface area (Å²) in [7, 11) is 0. The molecule has 0 aromatic heterocycles. The smallest absolute Gasteiger partial charge is 0.341 e. The molecular weight excluding hydrogens is 211 g/mol. The molecule has 14 heavy (non-hydrogen) atoms. The average Bonchev–Trinajstić information content (AvgIpc) is 2.11. The maximum Gasteiger partial charge on any atom is 0.341 e. The van der Waals surface area contributed by atoms with E-state index in [4.69, 9.17) is 21.4 Å². The van der Waals surface area contributed by atoms with Gasteiger partial charge in [-0.15, -0.1) is 0 Å². The quantitative estimate of drug-likeness (QED) is 0.848. The molecule has 0 amide bonds. The number of ether oxygens (including phenoxy) is 1. The molecule has 1 N–H and O–H groups in total. The maximum atomic E-state index is 12.9. The third kappa shape index (κ3) is 1.96. The predicted molar refractivity (Wildman–Crippen MR) is 49.5 cm³/mol. The van der Waals surface area contributed by atoms with Crippen LogP contribution in [0.4, 0.5) is 4.39 Å². The first kappa shape index (κ1) is 10.8. The van der Waals surface area contributed by atoms with Crippen LogP contribution in [0.5, 0.6) is 5.75 Å². The van der Waals surface area contributed by atoms with E-state index in [1.54, 1.807) is 6.92 Å². The van der Waals surface area contributed by atoms with Gasteiger partial charge in [0.2, 0.25) is 0 Å². The molecule has 0 aliphatic heterocycles. The lowest BCUT2D eigenvalue weighted by Crippen LogP contribution is -2.04. The number of aromatic carboxylic acids is 1. The van der Waals surface area contributed by atoms with E-state index < -0.39 is 16.8 Å². The van der Waals surface area contributed by atoms with Crippen molar-refractivity contribution in [3.8, 4) is 5.75 Å². The zero-order valence-corrected chi connectivity index (χ0v) is 8.14. The summed E-state index contributed by atoms with van der Waals surface area (Å²) in [5.74, 6) is -2.00. The molecule has 0 radical (unpaired) electrons. The van der Waals surface area contributed by atoms with Crippen LogP contribution < -0.4 is 4.74 Å². The molecule has 0 heterocycles. The van der Waals surface area contributed by atoms with Crippen LogP contribution >= 0.6 is 11.6 Å². The fourth-order valence-corrected chi connectivity index (χ4v) is 1.24. The average molecular weight is 219 g/mol. The van der Waals surface area contributed by atoms with Gasteiger partial charge < -0.3 is 9.84 Å². The zero-order valence-electron chi connectivity index (χ0n) is 7.38. The molecular formula is C9H8ClFO3. The number of hydrogen-bond donors (Lipinski definition) is 1. The summed E-state index contributed by atoms with van der Waals surface area (Å²) in [5.41, 5.74) is -0.339. The minimum atomic E-state index is -1.31. The van der Waals surface area contributed by atoms with Crippen molar-refractivity contribution in [2.24, 2.45) is 0 Å². The SMILES string of the molecule is CCOc1ccc(F)c(Cl)c1C(=O)O. The van der Waals surface area contributed by atoms with Crippen molar-refractivity contribution < 1.29 is 19.0 Å². The standard InChI is InChI=1S/C9H8ClFO3/c1-2-14-6-4-3-5(11)8(10)7(6)9(12)13/h3-4H,2H2,1H3,(H,12,13). The molecule has 76 valence electrons. The number of hydrogen-bond acceptors (Lipinski definition) is 2. The Morgan fingerprint density at radius 3 is 2.79 bits per heavy atom. The van der Waals surface area contributed by atoms with Crippen molar-refractivity contribution in [3.05, 3.63) is 28.5 Å². The Morgan fingerprint density at radius 2 is 2.29 bits per heavy atom. The fraction of sp³-hybridized carbons (Fsp3) is 0.222. The van der Waals surface area contributed by atoms with Crippen LogP contribution in [0, 0.1) is 5.82 Å². The van der Waals surface area contributed by atoms with Gasteiger partial charge in [-0.2, -0.15) is 0 Å². The largest absolute Gasteiger partial charge is 0.493 e. The highest BCUT2D eigenvalue weighted by Gasteiger charge is 2.18. The minimum absolute atomic E-state index is 0.0754. The van der Waals surface area contributed by atoms with E-state index in [0.29, 0.717) is 6.61 Å². The van der Waals surface area contributed by atoms with E-state index in [0.717, 1.165) is 6.07 Å². The van der Waals surface area contributed by atoms with Crippen LogP contribution in [-0.2, 0) is 0 Å². The molecule has 1 aromatic carbocycles. The van der Waals surface area contributed by atoms with Crippen molar-refractivity contribution in [3.63, 3.8) is 0 Å². The molecule has 0 atom stereocenters. The van der Waals surface area contributed by atoms with Crippen LogP contribution in [0.25, 0.3) is 0 Å². The van der Waals surface area contributed by atoms with E-state index in [9.17, 15) is 9.18 Å². The van der Waals surface area contributed by atoms with Crippen LogP contribution in [0.1, 0.15) is 17.3 Å². The molecule has 0 saturated carbocycles.